The maximum absolute atomic E-state index is 11.9. The number of carbonyl (C=O) groups is 2. The molecule has 1 aromatic rings. The number of nitrogens with one attached hydrogen (secondary N) is 2. The lowest BCUT2D eigenvalue weighted by atomic mass is 10.1. The summed E-state index contributed by atoms with van der Waals surface area (Å²) in [5.41, 5.74) is 1.05. The average Bonchev–Trinajstić information content (AvgIpc) is 2.45. The van der Waals surface area contributed by atoms with Gasteiger partial charge < -0.3 is 10.6 Å². The monoisotopic (exact) mass is 262 g/mol. The second kappa shape index (κ2) is 8.29. The summed E-state index contributed by atoms with van der Waals surface area (Å²) in [7, 11) is 0. The van der Waals surface area contributed by atoms with Gasteiger partial charge in [-0.25, -0.2) is 0 Å². The zero-order valence-corrected chi connectivity index (χ0v) is 11.7. The standard InChI is InChI=1S/C15H22N2O2/c1-3-5-10-17-15(19)13-8-6-7-12(11-13)14(18)16-9-4-2/h6-8,11H,3-5,9-10H2,1-2H3,(H,16,18)(H,17,19). The molecule has 0 bridgehead atoms. The Labute approximate surface area is 114 Å². The SMILES string of the molecule is CCCCNC(=O)c1cccc(C(=O)NCCC)c1. The van der Waals surface area contributed by atoms with E-state index in [-0.39, 0.29) is 11.8 Å². The maximum Gasteiger partial charge on any atom is 0.251 e. The number of rotatable bonds is 7. The van der Waals surface area contributed by atoms with Crippen molar-refractivity contribution in [2.75, 3.05) is 13.1 Å². The van der Waals surface area contributed by atoms with Gasteiger partial charge in [0.15, 0.2) is 0 Å². The average molecular weight is 262 g/mol. The third-order valence-corrected chi connectivity index (χ3v) is 2.74. The molecule has 0 aromatic heterocycles. The quantitative estimate of drug-likeness (QED) is 0.741. The predicted octanol–water partition coefficient (Wildman–Crippen LogP) is 2.36. The van der Waals surface area contributed by atoms with Gasteiger partial charge in [0, 0.05) is 24.2 Å². The summed E-state index contributed by atoms with van der Waals surface area (Å²) >= 11 is 0. The van der Waals surface area contributed by atoms with Crippen molar-refractivity contribution in [3.05, 3.63) is 35.4 Å². The number of hydrogen-bond acceptors (Lipinski definition) is 2. The lowest BCUT2D eigenvalue weighted by molar-refractivity contribution is 0.0952. The van der Waals surface area contributed by atoms with Crippen LogP contribution in [0.5, 0.6) is 0 Å². The second-order valence-corrected chi connectivity index (χ2v) is 4.45. The maximum atomic E-state index is 11.9. The van der Waals surface area contributed by atoms with Crippen LogP contribution in [0.15, 0.2) is 24.3 Å². The van der Waals surface area contributed by atoms with Gasteiger partial charge in [0.2, 0.25) is 0 Å². The molecule has 0 aliphatic carbocycles. The Hall–Kier alpha value is -1.84. The number of carbonyl (C=O) groups excluding carboxylic acids is 2. The Kier molecular flexibility index (Phi) is 6.64. The summed E-state index contributed by atoms with van der Waals surface area (Å²) < 4.78 is 0. The molecule has 0 saturated carbocycles. The van der Waals surface area contributed by atoms with Gasteiger partial charge in [-0.2, -0.15) is 0 Å². The molecule has 2 amide bonds. The molecule has 4 nitrogen and oxygen atoms in total. The molecule has 0 aliphatic heterocycles. The van der Waals surface area contributed by atoms with Crippen molar-refractivity contribution in [2.24, 2.45) is 0 Å². The molecule has 104 valence electrons. The van der Waals surface area contributed by atoms with Gasteiger partial charge in [-0.3, -0.25) is 9.59 Å². The van der Waals surface area contributed by atoms with Gasteiger partial charge in [0.25, 0.3) is 11.8 Å². The Morgan fingerprint density at radius 3 is 2.05 bits per heavy atom. The molecule has 0 fully saturated rings. The highest BCUT2D eigenvalue weighted by Crippen LogP contribution is 2.05. The highest BCUT2D eigenvalue weighted by molar-refractivity contribution is 5.99. The molecule has 0 aliphatic rings. The van der Waals surface area contributed by atoms with Crippen molar-refractivity contribution in [3.63, 3.8) is 0 Å². The number of benzene rings is 1. The second-order valence-electron chi connectivity index (χ2n) is 4.45. The van der Waals surface area contributed by atoms with Crippen LogP contribution in [0.3, 0.4) is 0 Å². The van der Waals surface area contributed by atoms with E-state index >= 15 is 0 Å². The van der Waals surface area contributed by atoms with E-state index in [2.05, 4.69) is 17.6 Å². The van der Waals surface area contributed by atoms with Gasteiger partial charge >= 0.3 is 0 Å². The van der Waals surface area contributed by atoms with Crippen LogP contribution in [-0.4, -0.2) is 24.9 Å². The molecule has 1 rings (SSSR count). The van der Waals surface area contributed by atoms with E-state index < -0.39 is 0 Å². The molecule has 0 spiro atoms. The molecule has 0 unspecified atom stereocenters. The molecule has 0 heterocycles. The molecule has 2 N–H and O–H groups in total. The first-order valence-electron chi connectivity index (χ1n) is 6.85. The molecular weight excluding hydrogens is 240 g/mol. The molecule has 0 atom stereocenters. The van der Waals surface area contributed by atoms with Crippen LogP contribution in [0.25, 0.3) is 0 Å². The van der Waals surface area contributed by atoms with Gasteiger partial charge in [-0.1, -0.05) is 26.3 Å². The number of unbranched alkanes of at least 4 members (excludes halogenated alkanes) is 1. The summed E-state index contributed by atoms with van der Waals surface area (Å²) in [6, 6.07) is 6.80. The first-order valence-corrected chi connectivity index (χ1v) is 6.85. The van der Waals surface area contributed by atoms with Gasteiger partial charge in [0.1, 0.15) is 0 Å². The van der Waals surface area contributed by atoms with E-state index in [9.17, 15) is 9.59 Å². The third-order valence-electron chi connectivity index (χ3n) is 2.74. The fourth-order valence-corrected chi connectivity index (χ4v) is 1.62. The summed E-state index contributed by atoms with van der Waals surface area (Å²) in [6.07, 6.45) is 2.89. The minimum Gasteiger partial charge on any atom is -0.352 e. The normalized spacial score (nSPS) is 10.0. The minimum absolute atomic E-state index is 0.126. The fourth-order valence-electron chi connectivity index (χ4n) is 1.62. The van der Waals surface area contributed by atoms with Crippen molar-refractivity contribution >= 4 is 11.8 Å². The molecule has 19 heavy (non-hydrogen) atoms. The van der Waals surface area contributed by atoms with Crippen LogP contribution in [-0.2, 0) is 0 Å². The van der Waals surface area contributed by atoms with Crippen LogP contribution in [0.1, 0.15) is 53.8 Å². The summed E-state index contributed by atoms with van der Waals surface area (Å²) in [6.45, 7) is 5.38. The van der Waals surface area contributed by atoms with Crippen LogP contribution < -0.4 is 10.6 Å². The van der Waals surface area contributed by atoms with Crippen molar-refractivity contribution in [3.8, 4) is 0 Å². The van der Waals surface area contributed by atoms with E-state index in [1.54, 1.807) is 24.3 Å². The smallest absolute Gasteiger partial charge is 0.251 e. The molecule has 0 saturated heterocycles. The molecule has 0 radical (unpaired) electrons. The Morgan fingerprint density at radius 1 is 0.947 bits per heavy atom. The zero-order valence-electron chi connectivity index (χ0n) is 11.7. The van der Waals surface area contributed by atoms with E-state index in [1.807, 2.05) is 6.92 Å². The van der Waals surface area contributed by atoms with Gasteiger partial charge in [-0.15, -0.1) is 0 Å². The van der Waals surface area contributed by atoms with Crippen molar-refractivity contribution in [2.45, 2.75) is 33.1 Å². The van der Waals surface area contributed by atoms with Crippen LogP contribution in [0, 0.1) is 0 Å². The van der Waals surface area contributed by atoms with Gasteiger partial charge in [-0.05, 0) is 31.0 Å². The van der Waals surface area contributed by atoms with Crippen molar-refractivity contribution < 1.29 is 9.59 Å². The van der Waals surface area contributed by atoms with Crippen LogP contribution >= 0.6 is 0 Å². The Morgan fingerprint density at radius 2 is 1.53 bits per heavy atom. The summed E-state index contributed by atoms with van der Waals surface area (Å²) in [4.78, 5) is 23.7. The van der Waals surface area contributed by atoms with Gasteiger partial charge in [0.05, 0.1) is 0 Å². The number of hydrogen-bond donors (Lipinski definition) is 2. The van der Waals surface area contributed by atoms with E-state index in [0.717, 1.165) is 19.3 Å². The summed E-state index contributed by atoms with van der Waals surface area (Å²) in [5, 5.41) is 5.63. The van der Waals surface area contributed by atoms with E-state index in [1.165, 1.54) is 0 Å². The van der Waals surface area contributed by atoms with Crippen LogP contribution in [0.2, 0.25) is 0 Å². The Balaban J connectivity index is 2.65. The lowest BCUT2D eigenvalue weighted by Crippen LogP contribution is -2.26. The Bertz CT molecular complexity index is 430. The predicted molar refractivity (Wildman–Crippen MR) is 76.3 cm³/mol. The minimum atomic E-state index is -0.134. The molecule has 1 aromatic carbocycles. The van der Waals surface area contributed by atoms with Crippen molar-refractivity contribution in [1.29, 1.82) is 0 Å². The fraction of sp³-hybridized carbons (Fsp3) is 0.467. The van der Waals surface area contributed by atoms with Crippen LogP contribution in [0.4, 0.5) is 0 Å². The van der Waals surface area contributed by atoms with E-state index in [0.29, 0.717) is 24.2 Å². The van der Waals surface area contributed by atoms with Crippen molar-refractivity contribution in [1.82, 2.24) is 10.6 Å². The first-order chi connectivity index (χ1) is 9.19. The third kappa shape index (κ3) is 5.12. The lowest BCUT2D eigenvalue weighted by Gasteiger charge is -2.07. The highest BCUT2D eigenvalue weighted by atomic mass is 16.2. The van der Waals surface area contributed by atoms with E-state index in [4.69, 9.17) is 0 Å². The first kappa shape index (κ1) is 15.2. The highest BCUT2D eigenvalue weighted by Gasteiger charge is 2.09. The topological polar surface area (TPSA) is 58.2 Å². The number of amides is 2. The molecular formula is C15H22N2O2. The zero-order chi connectivity index (χ0) is 14.1. The molecule has 4 heteroatoms. The summed E-state index contributed by atoms with van der Waals surface area (Å²) in [5.74, 6) is -0.261. The largest absolute Gasteiger partial charge is 0.352 e.